The second kappa shape index (κ2) is 4.18. The Kier molecular flexibility index (Phi) is 3.95. The zero-order chi connectivity index (χ0) is 11.6. The largest absolute Gasteiger partial charge is 0.346 e. The van der Waals surface area contributed by atoms with Crippen molar-refractivity contribution in [2.45, 2.75) is 19.9 Å². The molecule has 0 spiro atoms. The van der Waals surface area contributed by atoms with E-state index in [9.17, 15) is 21.6 Å². The van der Waals surface area contributed by atoms with Crippen LogP contribution in [0.5, 0.6) is 0 Å². The highest BCUT2D eigenvalue weighted by Gasteiger charge is 2.33. The molecule has 0 amide bonds. The number of sulfonamides is 1. The fourth-order valence-corrected chi connectivity index (χ4v) is 3.85. The summed E-state index contributed by atoms with van der Waals surface area (Å²) in [6, 6.07) is -0.841. The molecule has 0 bridgehead atoms. The van der Waals surface area contributed by atoms with E-state index in [0.717, 1.165) is 6.08 Å². The first-order chi connectivity index (χ1) is 6.13. The van der Waals surface area contributed by atoms with E-state index < -0.39 is 26.3 Å². The Morgan fingerprint density at radius 2 is 1.64 bits per heavy atom. The van der Waals surface area contributed by atoms with Gasteiger partial charge < -0.3 is 0 Å². The molecule has 0 saturated carbocycles. The van der Waals surface area contributed by atoms with Crippen LogP contribution in [-0.4, -0.2) is 38.9 Å². The van der Waals surface area contributed by atoms with Crippen LogP contribution in [0.25, 0.3) is 0 Å². The molecule has 0 aromatic carbocycles. The first-order valence-corrected chi connectivity index (χ1v) is 6.71. The third-order valence-electron chi connectivity index (χ3n) is 1.13. The predicted octanol–water partition coefficient (Wildman–Crippen LogP) is -0.763. The van der Waals surface area contributed by atoms with Crippen LogP contribution >= 0.6 is 0 Å². The third kappa shape index (κ3) is 3.18. The summed E-state index contributed by atoms with van der Waals surface area (Å²) in [5.41, 5.74) is 0. The van der Waals surface area contributed by atoms with Crippen molar-refractivity contribution in [1.29, 1.82) is 0 Å². The molecule has 0 aliphatic rings. The average Bonchev–Trinajstić information content (AvgIpc) is 1.78. The number of hydrogen-bond acceptors (Lipinski definition) is 5. The van der Waals surface area contributed by atoms with Crippen molar-refractivity contribution < 1.29 is 21.6 Å². The monoisotopic (exact) mass is 242 g/mol. The lowest BCUT2D eigenvalue weighted by Gasteiger charge is -2.19. The number of isocyanates is 1. The van der Waals surface area contributed by atoms with E-state index in [0.29, 0.717) is 6.26 Å². The summed E-state index contributed by atoms with van der Waals surface area (Å²) in [5, 5.41) is 0. The van der Waals surface area contributed by atoms with Gasteiger partial charge in [0, 0.05) is 6.04 Å². The fraction of sp³-hybridized carbons (Fsp3) is 0.800. The molecule has 82 valence electrons. The van der Waals surface area contributed by atoms with Gasteiger partial charge in [0.15, 0.2) is 0 Å². The Balaban J connectivity index is 5.60. The maximum atomic E-state index is 11.1. The normalized spacial score (nSPS) is 12.9. The summed E-state index contributed by atoms with van der Waals surface area (Å²) < 4.78 is 47.0. The summed E-state index contributed by atoms with van der Waals surface area (Å²) in [4.78, 5) is 9.78. The zero-order valence-corrected chi connectivity index (χ0v) is 9.46. The molecule has 0 heterocycles. The molecule has 0 N–H and O–H groups in total. The molecule has 0 radical (unpaired) electrons. The minimum atomic E-state index is -4.48. The first-order valence-electron chi connectivity index (χ1n) is 3.46. The van der Waals surface area contributed by atoms with Gasteiger partial charge in [-0.1, -0.05) is 8.11 Å². The van der Waals surface area contributed by atoms with E-state index in [-0.39, 0.29) is 3.71 Å². The molecular weight excluding hydrogens is 232 g/mol. The highest BCUT2D eigenvalue weighted by Crippen LogP contribution is 2.12. The minimum absolute atomic E-state index is 0.144. The molecule has 7 nitrogen and oxygen atoms in total. The summed E-state index contributed by atoms with van der Waals surface area (Å²) in [6.45, 7) is 2.69. The predicted molar refractivity (Wildman–Crippen MR) is 48.9 cm³/mol. The highest BCUT2D eigenvalue weighted by atomic mass is 32.3. The molecule has 0 rings (SSSR count). The van der Waals surface area contributed by atoms with Crippen molar-refractivity contribution in [3.8, 4) is 0 Å². The molecule has 0 aromatic heterocycles. The van der Waals surface area contributed by atoms with E-state index >= 15 is 0 Å². The molecule has 0 unspecified atom stereocenters. The van der Waals surface area contributed by atoms with E-state index in [1.165, 1.54) is 13.8 Å². The SMILES string of the molecule is CC(C)N(S(C)(=O)=O)S(=O)(=O)N=C=O. The van der Waals surface area contributed by atoms with Crippen LogP contribution in [0.4, 0.5) is 0 Å². The number of hydrogen-bond donors (Lipinski definition) is 0. The lowest BCUT2D eigenvalue weighted by molar-refractivity contribution is 0.461. The van der Waals surface area contributed by atoms with Gasteiger partial charge >= 0.3 is 10.2 Å². The number of rotatable bonds is 4. The molecule has 0 atom stereocenters. The Labute approximate surface area is 82.7 Å². The van der Waals surface area contributed by atoms with Gasteiger partial charge in [0.05, 0.1) is 6.26 Å². The van der Waals surface area contributed by atoms with Gasteiger partial charge in [-0.15, -0.1) is 0 Å². The average molecular weight is 242 g/mol. The molecule has 0 fully saturated rings. The number of carbonyl (C=O) groups excluding carboxylic acids is 1. The van der Waals surface area contributed by atoms with Crippen molar-refractivity contribution in [3.63, 3.8) is 0 Å². The standard InChI is InChI=1S/C5H10N2O5S2/c1-5(2)7(13(3,9)10)14(11,12)6-4-8/h5H,1-3H3. The van der Waals surface area contributed by atoms with Crippen LogP contribution in [0, 0.1) is 0 Å². The van der Waals surface area contributed by atoms with E-state index in [4.69, 9.17) is 0 Å². The summed E-state index contributed by atoms with van der Waals surface area (Å²) in [5.74, 6) is 0. The Bertz CT molecular complexity index is 443. The van der Waals surface area contributed by atoms with E-state index in [1.54, 1.807) is 0 Å². The smallest absolute Gasteiger partial charge is 0.211 e. The highest BCUT2D eigenvalue weighted by molar-refractivity contribution is 8.03. The summed E-state index contributed by atoms with van der Waals surface area (Å²) in [6.07, 6.45) is 1.51. The molecular formula is C5H10N2O5S2. The molecule has 0 aliphatic carbocycles. The van der Waals surface area contributed by atoms with E-state index in [1.807, 2.05) is 0 Å². The van der Waals surface area contributed by atoms with Crippen LogP contribution in [0.15, 0.2) is 4.40 Å². The molecule has 0 aliphatic heterocycles. The van der Waals surface area contributed by atoms with Crippen molar-refractivity contribution >= 4 is 26.3 Å². The maximum Gasteiger partial charge on any atom is 0.346 e. The Hall–Kier alpha value is -0.760. The van der Waals surface area contributed by atoms with Gasteiger partial charge in [-0.2, -0.15) is 8.42 Å². The van der Waals surface area contributed by atoms with Crippen LogP contribution < -0.4 is 0 Å². The van der Waals surface area contributed by atoms with Gasteiger partial charge in [0.1, 0.15) is 0 Å². The van der Waals surface area contributed by atoms with E-state index in [2.05, 4.69) is 4.40 Å². The second-order valence-corrected chi connectivity index (χ2v) is 6.30. The van der Waals surface area contributed by atoms with Crippen LogP contribution in [-0.2, 0) is 25.0 Å². The topological polar surface area (TPSA) is 101 Å². The zero-order valence-electron chi connectivity index (χ0n) is 7.83. The summed E-state index contributed by atoms with van der Waals surface area (Å²) >= 11 is 0. The molecule has 0 saturated heterocycles. The van der Waals surface area contributed by atoms with Crippen LogP contribution in [0.2, 0.25) is 0 Å². The van der Waals surface area contributed by atoms with Gasteiger partial charge in [-0.05, 0) is 13.8 Å². The van der Waals surface area contributed by atoms with Gasteiger partial charge in [-0.25, -0.2) is 13.2 Å². The second-order valence-electron chi connectivity index (χ2n) is 2.74. The van der Waals surface area contributed by atoms with Crippen molar-refractivity contribution in [1.82, 2.24) is 3.71 Å². The van der Waals surface area contributed by atoms with Crippen LogP contribution in [0.3, 0.4) is 0 Å². The van der Waals surface area contributed by atoms with Crippen molar-refractivity contribution in [2.75, 3.05) is 6.26 Å². The van der Waals surface area contributed by atoms with Gasteiger partial charge in [0.2, 0.25) is 10.0 Å². The maximum absolute atomic E-state index is 11.1. The minimum Gasteiger partial charge on any atom is -0.211 e. The van der Waals surface area contributed by atoms with Crippen molar-refractivity contribution in [3.05, 3.63) is 0 Å². The van der Waals surface area contributed by atoms with Gasteiger partial charge in [0.25, 0.3) is 6.08 Å². The molecule has 9 heteroatoms. The lowest BCUT2D eigenvalue weighted by Crippen LogP contribution is -2.39. The number of nitrogens with zero attached hydrogens (tertiary/aromatic N) is 2. The fourth-order valence-electron chi connectivity index (χ4n) is 0.908. The quantitative estimate of drug-likeness (QED) is 0.476. The lowest BCUT2D eigenvalue weighted by atomic mass is 10.4. The Morgan fingerprint density at radius 3 is 1.86 bits per heavy atom. The Morgan fingerprint density at radius 1 is 1.21 bits per heavy atom. The van der Waals surface area contributed by atoms with Gasteiger partial charge in [-0.3, -0.25) is 0 Å². The molecule has 14 heavy (non-hydrogen) atoms. The van der Waals surface area contributed by atoms with Crippen LogP contribution in [0.1, 0.15) is 13.8 Å². The van der Waals surface area contributed by atoms with Crippen molar-refractivity contribution in [2.24, 2.45) is 4.40 Å². The summed E-state index contributed by atoms with van der Waals surface area (Å²) in [7, 11) is -8.45. The first kappa shape index (κ1) is 13.2. The molecule has 0 aromatic rings. The third-order valence-corrected chi connectivity index (χ3v) is 4.76.